The summed E-state index contributed by atoms with van der Waals surface area (Å²) in [6.45, 7) is 5.71. The molecule has 0 heterocycles. The van der Waals surface area contributed by atoms with Gasteiger partial charge in [0.2, 0.25) is 0 Å². The second kappa shape index (κ2) is 2.40. The first-order valence-corrected chi connectivity index (χ1v) is 2.87. The maximum Gasteiger partial charge on any atom is 0.276 e. The highest BCUT2D eigenvalue weighted by Gasteiger charge is 2.09. The maximum absolute atomic E-state index is 10.2. The van der Waals surface area contributed by atoms with Gasteiger partial charge in [-0.25, -0.2) is 0 Å². The molecule has 0 aromatic heterocycles. The van der Waals surface area contributed by atoms with Crippen LogP contribution in [0.15, 0.2) is 0 Å². The highest BCUT2D eigenvalue weighted by Crippen LogP contribution is 1.98. The fourth-order valence-electron chi connectivity index (χ4n) is 0.321. The Morgan fingerprint density at radius 3 is 1.88 bits per heavy atom. The van der Waals surface area contributed by atoms with Gasteiger partial charge in [-0.1, -0.05) is 12.6 Å². The van der Waals surface area contributed by atoms with Crippen LogP contribution in [0.5, 0.6) is 0 Å². The third-order valence-corrected chi connectivity index (χ3v) is 0.594. The molecule has 0 atom stereocenters. The van der Waals surface area contributed by atoms with Gasteiger partial charge >= 0.3 is 0 Å². The van der Waals surface area contributed by atoms with Crippen LogP contribution in [-0.4, -0.2) is 10.8 Å². The van der Waals surface area contributed by atoms with E-state index >= 15 is 0 Å². The van der Waals surface area contributed by atoms with Crippen molar-refractivity contribution in [2.45, 2.75) is 26.3 Å². The molecule has 1 amide bonds. The normalized spacial score (nSPS) is 11.0. The summed E-state index contributed by atoms with van der Waals surface area (Å²) in [7, 11) is 0. The van der Waals surface area contributed by atoms with E-state index in [9.17, 15) is 4.79 Å². The largest absolute Gasteiger partial charge is 0.343 e. The van der Waals surface area contributed by atoms with Crippen LogP contribution in [0.1, 0.15) is 20.8 Å². The van der Waals surface area contributed by atoms with Gasteiger partial charge in [0.05, 0.1) is 0 Å². The lowest BCUT2D eigenvalue weighted by atomic mass is 10.1. The van der Waals surface area contributed by atoms with Crippen LogP contribution >= 0.6 is 12.6 Å². The molecule has 0 aromatic carbocycles. The Morgan fingerprint density at radius 2 is 1.88 bits per heavy atom. The Balaban J connectivity index is 3.55. The molecule has 0 saturated heterocycles. The first-order chi connectivity index (χ1) is 3.42. The van der Waals surface area contributed by atoms with Gasteiger partial charge in [-0.2, -0.15) is 0 Å². The SMILES string of the molecule is CC(C)(C)NC(=O)S. The van der Waals surface area contributed by atoms with Crippen molar-refractivity contribution >= 4 is 17.9 Å². The molecule has 0 bridgehead atoms. The average molecular weight is 133 g/mol. The van der Waals surface area contributed by atoms with Gasteiger partial charge in [0, 0.05) is 5.54 Å². The van der Waals surface area contributed by atoms with Crippen molar-refractivity contribution in [3.8, 4) is 0 Å². The zero-order valence-corrected chi connectivity index (χ0v) is 6.25. The molecule has 0 aliphatic carbocycles. The molecule has 0 spiro atoms. The van der Waals surface area contributed by atoms with Crippen LogP contribution in [-0.2, 0) is 0 Å². The smallest absolute Gasteiger partial charge is 0.276 e. The minimum Gasteiger partial charge on any atom is -0.343 e. The van der Waals surface area contributed by atoms with Crippen molar-refractivity contribution < 1.29 is 4.79 Å². The third-order valence-electron chi connectivity index (χ3n) is 0.482. The number of hydrogen-bond donors (Lipinski definition) is 2. The second-order valence-corrected chi connectivity index (χ2v) is 3.09. The first kappa shape index (κ1) is 7.82. The van der Waals surface area contributed by atoms with Crippen molar-refractivity contribution in [2.75, 3.05) is 0 Å². The summed E-state index contributed by atoms with van der Waals surface area (Å²) >= 11 is 3.54. The molecule has 0 unspecified atom stereocenters. The Hall–Kier alpha value is -0.180. The van der Waals surface area contributed by atoms with E-state index in [0.29, 0.717) is 0 Å². The molecule has 48 valence electrons. The van der Waals surface area contributed by atoms with E-state index in [4.69, 9.17) is 0 Å². The Labute approximate surface area is 55.1 Å². The van der Waals surface area contributed by atoms with Gasteiger partial charge in [-0.3, -0.25) is 4.79 Å². The number of amides is 1. The summed E-state index contributed by atoms with van der Waals surface area (Å²) in [6, 6.07) is 0. The standard InChI is InChI=1S/C5H11NOS/c1-5(2,3)6-4(7)8/h1-3H3,(H2,6,7,8). The van der Waals surface area contributed by atoms with E-state index in [1.54, 1.807) is 0 Å². The van der Waals surface area contributed by atoms with Gasteiger partial charge < -0.3 is 5.32 Å². The fraction of sp³-hybridized carbons (Fsp3) is 0.800. The first-order valence-electron chi connectivity index (χ1n) is 2.43. The molecule has 0 saturated carbocycles. The third kappa shape index (κ3) is 5.82. The zero-order chi connectivity index (χ0) is 6.78. The predicted molar refractivity (Wildman–Crippen MR) is 37.3 cm³/mol. The molecule has 0 rings (SSSR count). The molecule has 0 radical (unpaired) electrons. The van der Waals surface area contributed by atoms with Crippen molar-refractivity contribution in [2.24, 2.45) is 0 Å². The summed E-state index contributed by atoms with van der Waals surface area (Å²) in [5.74, 6) is 0. The predicted octanol–water partition coefficient (Wildman–Crippen LogP) is 1.42. The van der Waals surface area contributed by atoms with Gasteiger partial charge in [0.1, 0.15) is 0 Å². The number of thiol groups is 1. The molecule has 8 heavy (non-hydrogen) atoms. The topological polar surface area (TPSA) is 29.1 Å². The molecule has 0 aliphatic rings. The number of hydrogen-bond acceptors (Lipinski definition) is 1. The second-order valence-electron chi connectivity index (χ2n) is 2.68. The van der Waals surface area contributed by atoms with Crippen molar-refractivity contribution in [1.29, 1.82) is 0 Å². The van der Waals surface area contributed by atoms with Gasteiger partial charge in [0.15, 0.2) is 0 Å². The maximum atomic E-state index is 10.2. The summed E-state index contributed by atoms with van der Waals surface area (Å²) in [6.07, 6.45) is 0. The lowest BCUT2D eigenvalue weighted by Crippen LogP contribution is -2.37. The van der Waals surface area contributed by atoms with E-state index in [0.717, 1.165) is 0 Å². The highest BCUT2D eigenvalue weighted by atomic mass is 32.1. The highest BCUT2D eigenvalue weighted by molar-refractivity contribution is 7.96. The zero-order valence-electron chi connectivity index (χ0n) is 5.36. The Bertz CT molecular complexity index is 95.1. The molecular weight excluding hydrogens is 122 g/mol. The van der Waals surface area contributed by atoms with Crippen LogP contribution in [0.3, 0.4) is 0 Å². The summed E-state index contributed by atoms with van der Waals surface area (Å²) < 4.78 is 0. The quantitative estimate of drug-likeness (QED) is 0.481. The molecule has 0 fully saturated rings. The number of nitrogens with one attached hydrogen (secondary N) is 1. The average Bonchev–Trinajstić information content (AvgIpc) is 1.21. The monoisotopic (exact) mass is 133 g/mol. The fourth-order valence-corrected chi connectivity index (χ4v) is 0.656. The van der Waals surface area contributed by atoms with Gasteiger partial charge in [-0.05, 0) is 20.8 Å². The van der Waals surface area contributed by atoms with Crippen LogP contribution in [0.4, 0.5) is 4.79 Å². The van der Waals surface area contributed by atoms with Crippen molar-refractivity contribution in [3.05, 3.63) is 0 Å². The molecular formula is C5H11NOS. The summed E-state index contributed by atoms with van der Waals surface area (Å²) in [4.78, 5) is 10.2. The van der Waals surface area contributed by atoms with E-state index < -0.39 is 0 Å². The van der Waals surface area contributed by atoms with Crippen LogP contribution < -0.4 is 5.32 Å². The molecule has 1 N–H and O–H groups in total. The molecule has 2 nitrogen and oxygen atoms in total. The van der Waals surface area contributed by atoms with Gasteiger partial charge in [0.25, 0.3) is 5.24 Å². The van der Waals surface area contributed by atoms with E-state index in [1.165, 1.54) is 0 Å². The molecule has 0 aliphatic heterocycles. The summed E-state index contributed by atoms with van der Waals surface area (Å²) in [5.41, 5.74) is -0.154. The van der Waals surface area contributed by atoms with Gasteiger partial charge in [-0.15, -0.1) is 0 Å². The van der Waals surface area contributed by atoms with E-state index in [-0.39, 0.29) is 10.8 Å². The minimum absolute atomic E-state index is 0.154. The van der Waals surface area contributed by atoms with Crippen LogP contribution in [0.25, 0.3) is 0 Å². The van der Waals surface area contributed by atoms with Crippen molar-refractivity contribution in [1.82, 2.24) is 5.32 Å². The molecule has 3 heteroatoms. The Kier molecular flexibility index (Phi) is 2.34. The number of rotatable bonds is 0. The summed E-state index contributed by atoms with van der Waals surface area (Å²) in [5, 5.41) is 2.33. The molecule has 0 aromatic rings. The van der Waals surface area contributed by atoms with E-state index in [2.05, 4.69) is 17.9 Å². The number of carbonyl (C=O) groups excluding carboxylic acids is 1. The lowest BCUT2D eigenvalue weighted by Gasteiger charge is -2.17. The van der Waals surface area contributed by atoms with E-state index in [1.807, 2.05) is 20.8 Å². The Morgan fingerprint density at radius 1 is 1.50 bits per heavy atom. The minimum atomic E-state index is -0.280. The van der Waals surface area contributed by atoms with Crippen LogP contribution in [0.2, 0.25) is 0 Å². The lowest BCUT2D eigenvalue weighted by molar-refractivity contribution is 0.253. The van der Waals surface area contributed by atoms with Crippen molar-refractivity contribution in [3.63, 3.8) is 0 Å². The number of carbonyl (C=O) groups is 1. The van der Waals surface area contributed by atoms with Crippen LogP contribution in [0, 0.1) is 0 Å².